The summed E-state index contributed by atoms with van der Waals surface area (Å²) in [6.07, 6.45) is 0. The molecule has 0 saturated heterocycles. The number of nitrogens with one attached hydrogen (secondary N) is 2. The number of hydrogen-bond acceptors (Lipinski definition) is 5. The van der Waals surface area contributed by atoms with Crippen molar-refractivity contribution in [3.05, 3.63) is 98.5 Å². The first kappa shape index (κ1) is 20.2. The van der Waals surface area contributed by atoms with Gasteiger partial charge in [-0.1, -0.05) is 46.3 Å². The second-order valence-corrected chi connectivity index (χ2v) is 7.01. The van der Waals surface area contributed by atoms with Crippen LogP contribution in [-0.2, 0) is 4.79 Å². The highest BCUT2D eigenvalue weighted by molar-refractivity contribution is 9.10. The van der Waals surface area contributed by atoms with Gasteiger partial charge in [0.2, 0.25) is 5.91 Å². The van der Waals surface area contributed by atoms with Crippen molar-refractivity contribution in [3.8, 4) is 0 Å². The van der Waals surface area contributed by atoms with Crippen LogP contribution < -0.4 is 10.6 Å². The Morgan fingerprint density at radius 1 is 0.966 bits per heavy atom. The molecule has 0 fully saturated rings. The largest absolute Gasteiger partial charge is 0.376 e. The van der Waals surface area contributed by atoms with Crippen LogP contribution in [0.1, 0.15) is 15.9 Å². The Morgan fingerprint density at radius 3 is 2.31 bits per heavy atom. The summed E-state index contributed by atoms with van der Waals surface area (Å²) in [6, 6.07) is 19.6. The molecule has 0 bridgehead atoms. The first-order chi connectivity index (χ1) is 13.9. The molecule has 0 aliphatic carbocycles. The van der Waals surface area contributed by atoms with Crippen LogP contribution in [-0.4, -0.2) is 23.2 Å². The lowest BCUT2D eigenvalue weighted by molar-refractivity contribution is -0.384. The summed E-state index contributed by atoms with van der Waals surface area (Å²) < 4.78 is 0.748. The zero-order chi connectivity index (χ0) is 20.8. The molecule has 1 amide bonds. The van der Waals surface area contributed by atoms with E-state index >= 15 is 0 Å². The fourth-order valence-corrected chi connectivity index (χ4v) is 3.01. The maximum Gasteiger partial charge on any atom is 0.269 e. The van der Waals surface area contributed by atoms with Crippen molar-refractivity contribution in [3.63, 3.8) is 0 Å². The fourth-order valence-electron chi connectivity index (χ4n) is 2.65. The van der Waals surface area contributed by atoms with Crippen molar-refractivity contribution in [1.82, 2.24) is 0 Å². The third-order valence-electron chi connectivity index (χ3n) is 4.06. The number of nitro groups is 1. The maximum atomic E-state index is 12.8. The molecule has 3 aromatic rings. The molecule has 0 aliphatic heterocycles. The molecule has 0 unspecified atom stereocenters. The van der Waals surface area contributed by atoms with Gasteiger partial charge in [0.25, 0.3) is 5.69 Å². The van der Waals surface area contributed by atoms with E-state index in [0.29, 0.717) is 22.5 Å². The molecule has 7 nitrogen and oxygen atoms in total. The molecule has 0 saturated carbocycles. The first-order valence-electron chi connectivity index (χ1n) is 8.61. The number of nitrogens with zero attached hydrogens (tertiary/aromatic N) is 1. The molecule has 0 aromatic heterocycles. The third kappa shape index (κ3) is 5.26. The van der Waals surface area contributed by atoms with Crippen molar-refractivity contribution >= 4 is 44.7 Å². The lowest BCUT2D eigenvalue weighted by atomic mass is 10.0. The predicted molar refractivity (Wildman–Crippen MR) is 114 cm³/mol. The minimum atomic E-state index is -0.508. The van der Waals surface area contributed by atoms with Crippen LogP contribution in [0, 0.1) is 10.1 Å². The number of anilines is 2. The van der Waals surface area contributed by atoms with E-state index in [1.54, 1.807) is 42.5 Å². The SMILES string of the molecule is O=C(CNc1ccc(Br)cc1C(=O)c1ccccc1)Nc1ccc([N+](=O)[O-])cc1. The van der Waals surface area contributed by atoms with Gasteiger partial charge >= 0.3 is 0 Å². The van der Waals surface area contributed by atoms with Gasteiger partial charge in [-0.2, -0.15) is 0 Å². The Kier molecular flexibility index (Phi) is 6.36. The maximum absolute atomic E-state index is 12.8. The Hall–Kier alpha value is -3.52. The van der Waals surface area contributed by atoms with E-state index < -0.39 is 4.92 Å². The molecule has 0 radical (unpaired) electrons. The number of rotatable bonds is 7. The monoisotopic (exact) mass is 453 g/mol. The lowest BCUT2D eigenvalue weighted by Crippen LogP contribution is -2.22. The van der Waals surface area contributed by atoms with Gasteiger partial charge in [0.05, 0.1) is 11.5 Å². The molecular formula is C21H16BrN3O4. The molecule has 0 spiro atoms. The Morgan fingerprint density at radius 2 is 1.66 bits per heavy atom. The van der Waals surface area contributed by atoms with Crippen molar-refractivity contribution < 1.29 is 14.5 Å². The zero-order valence-corrected chi connectivity index (χ0v) is 16.7. The number of hydrogen-bond donors (Lipinski definition) is 2. The van der Waals surface area contributed by atoms with Crippen LogP contribution >= 0.6 is 15.9 Å². The van der Waals surface area contributed by atoms with E-state index in [4.69, 9.17) is 0 Å². The van der Waals surface area contributed by atoms with E-state index in [1.165, 1.54) is 24.3 Å². The number of halogens is 1. The second-order valence-electron chi connectivity index (χ2n) is 6.09. The average Bonchev–Trinajstić information content (AvgIpc) is 2.73. The molecule has 8 heteroatoms. The van der Waals surface area contributed by atoms with Gasteiger partial charge in [-0.15, -0.1) is 0 Å². The van der Waals surface area contributed by atoms with E-state index in [1.807, 2.05) is 6.07 Å². The van der Waals surface area contributed by atoms with Crippen LogP contribution in [0.2, 0.25) is 0 Å². The Balaban J connectivity index is 1.69. The van der Waals surface area contributed by atoms with Gasteiger partial charge in [-0.05, 0) is 30.3 Å². The lowest BCUT2D eigenvalue weighted by Gasteiger charge is -2.12. The molecule has 2 N–H and O–H groups in total. The molecule has 146 valence electrons. The normalized spacial score (nSPS) is 10.2. The van der Waals surface area contributed by atoms with Crippen LogP contribution in [0.15, 0.2) is 77.3 Å². The van der Waals surface area contributed by atoms with E-state index in [9.17, 15) is 19.7 Å². The van der Waals surface area contributed by atoms with Gasteiger partial charge in [0.1, 0.15) is 0 Å². The smallest absolute Gasteiger partial charge is 0.269 e. The third-order valence-corrected chi connectivity index (χ3v) is 4.56. The second kappa shape index (κ2) is 9.11. The number of non-ortho nitro benzene ring substituents is 1. The van der Waals surface area contributed by atoms with E-state index in [2.05, 4.69) is 26.6 Å². The minimum Gasteiger partial charge on any atom is -0.376 e. The quantitative estimate of drug-likeness (QED) is 0.308. The van der Waals surface area contributed by atoms with Crippen molar-refractivity contribution in [2.45, 2.75) is 0 Å². The minimum absolute atomic E-state index is 0.0555. The number of carbonyl (C=O) groups is 2. The molecule has 0 atom stereocenters. The highest BCUT2D eigenvalue weighted by Crippen LogP contribution is 2.24. The molecule has 0 aliphatic rings. The summed E-state index contributed by atoms with van der Waals surface area (Å²) in [7, 11) is 0. The van der Waals surface area contributed by atoms with Crippen LogP contribution in [0.3, 0.4) is 0 Å². The van der Waals surface area contributed by atoms with Crippen molar-refractivity contribution in [1.29, 1.82) is 0 Å². The zero-order valence-electron chi connectivity index (χ0n) is 15.1. The molecular weight excluding hydrogens is 438 g/mol. The van der Waals surface area contributed by atoms with Gasteiger partial charge in [0, 0.05) is 39.1 Å². The number of benzene rings is 3. The summed E-state index contributed by atoms with van der Waals surface area (Å²) in [5.41, 5.74) is 1.90. The Bertz CT molecular complexity index is 1050. The highest BCUT2D eigenvalue weighted by Gasteiger charge is 2.15. The summed E-state index contributed by atoms with van der Waals surface area (Å²) in [5, 5.41) is 16.3. The van der Waals surface area contributed by atoms with Crippen molar-refractivity contribution in [2.75, 3.05) is 17.2 Å². The Labute approximate surface area is 175 Å². The standard InChI is InChI=1S/C21H16BrN3O4/c22-15-6-11-19(18(12-15)21(27)14-4-2-1-3-5-14)23-13-20(26)24-16-7-9-17(10-8-16)25(28)29/h1-12,23H,13H2,(H,24,26). The average molecular weight is 454 g/mol. The van der Waals surface area contributed by atoms with Gasteiger partial charge in [-0.3, -0.25) is 19.7 Å². The molecule has 29 heavy (non-hydrogen) atoms. The number of nitro benzene ring substituents is 1. The first-order valence-corrected chi connectivity index (χ1v) is 9.41. The summed E-state index contributed by atoms with van der Waals surface area (Å²) >= 11 is 3.37. The van der Waals surface area contributed by atoms with Crippen molar-refractivity contribution in [2.24, 2.45) is 0 Å². The molecule has 3 aromatic carbocycles. The van der Waals surface area contributed by atoms with Gasteiger partial charge in [0.15, 0.2) is 5.78 Å². The fraction of sp³-hybridized carbons (Fsp3) is 0.0476. The summed E-state index contributed by atoms with van der Waals surface area (Å²) in [4.78, 5) is 35.2. The number of ketones is 1. The predicted octanol–water partition coefficient (Wildman–Crippen LogP) is 4.64. The summed E-state index contributed by atoms with van der Waals surface area (Å²) in [5.74, 6) is -0.509. The topological polar surface area (TPSA) is 101 Å². The summed E-state index contributed by atoms with van der Waals surface area (Å²) in [6.45, 7) is -0.0757. The number of amides is 1. The number of carbonyl (C=O) groups excluding carboxylic acids is 2. The molecule has 3 rings (SSSR count). The highest BCUT2D eigenvalue weighted by atomic mass is 79.9. The van der Waals surface area contributed by atoms with E-state index in [0.717, 1.165) is 4.47 Å². The van der Waals surface area contributed by atoms with Crippen LogP contribution in [0.25, 0.3) is 0 Å². The van der Waals surface area contributed by atoms with Gasteiger partial charge < -0.3 is 10.6 Å². The molecule has 0 heterocycles. The van der Waals surface area contributed by atoms with Crippen LogP contribution in [0.4, 0.5) is 17.1 Å². The van der Waals surface area contributed by atoms with Crippen LogP contribution in [0.5, 0.6) is 0 Å². The van der Waals surface area contributed by atoms with Gasteiger partial charge in [-0.25, -0.2) is 0 Å². The van der Waals surface area contributed by atoms with E-state index in [-0.39, 0.29) is 23.9 Å².